The summed E-state index contributed by atoms with van der Waals surface area (Å²) in [6, 6.07) is 12.7. The summed E-state index contributed by atoms with van der Waals surface area (Å²) in [6.07, 6.45) is 0.296. The molecule has 0 aliphatic carbocycles. The Balaban J connectivity index is 1.95. The smallest absolute Gasteiger partial charge is 0.333 e. The van der Waals surface area contributed by atoms with Gasteiger partial charge in [0.05, 0.1) is 18.5 Å². The van der Waals surface area contributed by atoms with Crippen molar-refractivity contribution >= 4 is 0 Å². The van der Waals surface area contributed by atoms with Crippen molar-refractivity contribution in [2.75, 3.05) is 7.11 Å². The van der Waals surface area contributed by atoms with Crippen LogP contribution in [0.4, 0.5) is 4.39 Å². The zero-order valence-electron chi connectivity index (χ0n) is 12.4. The van der Waals surface area contributed by atoms with E-state index < -0.39 is 5.69 Å². The van der Waals surface area contributed by atoms with E-state index in [1.54, 1.807) is 43.5 Å². The number of imidazole rings is 1. The minimum Gasteiger partial charge on any atom is -0.497 e. The Hall–Kier alpha value is -3.02. The summed E-state index contributed by atoms with van der Waals surface area (Å²) in [4.78, 5) is 14.8. The molecule has 0 aliphatic rings. The summed E-state index contributed by atoms with van der Waals surface area (Å²) in [5.41, 5.74) is 1.24. The number of aromatic hydroxyl groups is 1. The van der Waals surface area contributed by atoms with E-state index in [0.717, 1.165) is 5.56 Å². The normalized spacial score (nSPS) is 10.7. The standard InChI is InChI=1S/C17H15FN2O3/c1-23-14-8-6-13(7-9-14)20-16(21)15(19-17(20)22)10-11-2-4-12(18)5-3-11/h2-9,21H,10H2,1H3,(H,19,22). The molecule has 3 aromatic rings. The van der Waals surface area contributed by atoms with Crippen molar-refractivity contribution in [3.63, 3.8) is 0 Å². The van der Waals surface area contributed by atoms with E-state index in [9.17, 15) is 14.3 Å². The van der Waals surface area contributed by atoms with Gasteiger partial charge in [-0.15, -0.1) is 0 Å². The molecule has 0 spiro atoms. The summed E-state index contributed by atoms with van der Waals surface area (Å²) in [5, 5.41) is 10.3. The minimum atomic E-state index is -0.440. The fourth-order valence-electron chi connectivity index (χ4n) is 2.37. The van der Waals surface area contributed by atoms with Gasteiger partial charge < -0.3 is 14.8 Å². The summed E-state index contributed by atoms with van der Waals surface area (Å²) in [6.45, 7) is 0. The van der Waals surface area contributed by atoms with E-state index in [2.05, 4.69) is 4.98 Å². The van der Waals surface area contributed by atoms with Crippen LogP contribution in [0.1, 0.15) is 11.3 Å². The Morgan fingerprint density at radius 1 is 1.13 bits per heavy atom. The van der Waals surface area contributed by atoms with E-state index in [4.69, 9.17) is 4.74 Å². The highest BCUT2D eigenvalue weighted by molar-refractivity contribution is 5.42. The topological polar surface area (TPSA) is 67.2 Å². The summed E-state index contributed by atoms with van der Waals surface area (Å²) in [5.74, 6) is 0.162. The molecule has 3 rings (SSSR count). The van der Waals surface area contributed by atoms with Crippen LogP contribution in [0.25, 0.3) is 5.69 Å². The number of benzene rings is 2. The molecule has 0 radical (unpaired) electrons. The molecule has 5 nitrogen and oxygen atoms in total. The zero-order valence-corrected chi connectivity index (χ0v) is 12.4. The Morgan fingerprint density at radius 2 is 1.78 bits per heavy atom. The third-order valence-electron chi connectivity index (χ3n) is 3.57. The minimum absolute atomic E-state index is 0.163. The number of halogens is 1. The number of methoxy groups -OCH3 is 1. The number of hydrogen-bond acceptors (Lipinski definition) is 3. The zero-order chi connectivity index (χ0) is 16.4. The highest BCUT2D eigenvalue weighted by Crippen LogP contribution is 2.22. The van der Waals surface area contributed by atoms with Gasteiger partial charge in [-0.1, -0.05) is 12.1 Å². The lowest BCUT2D eigenvalue weighted by atomic mass is 10.1. The lowest BCUT2D eigenvalue weighted by Crippen LogP contribution is -2.14. The summed E-state index contributed by atoms with van der Waals surface area (Å²) in [7, 11) is 1.55. The van der Waals surface area contributed by atoms with Crippen LogP contribution < -0.4 is 10.4 Å². The molecule has 1 heterocycles. The molecule has 0 fully saturated rings. The van der Waals surface area contributed by atoms with Gasteiger partial charge in [-0.05, 0) is 42.0 Å². The third-order valence-corrected chi connectivity index (χ3v) is 3.57. The van der Waals surface area contributed by atoms with Crippen molar-refractivity contribution in [1.29, 1.82) is 0 Å². The average Bonchev–Trinajstić information content (AvgIpc) is 2.84. The maximum atomic E-state index is 12.9. The molecule has 0 unspecified atom stereocenters. The van der Waals surface area contributed by atoms with Crippen molar-refractivity contribution in [2.24, 2.45) is 0 Å². The number of ether oxygens (including phenoxy) is 1. The van der Waals surface area contributed by atoms with E-state index in [1.165, 1.54) is 16.7 Å². The van der Waals surface area contributed by atoms with E-state index >= 15 is 0 Å². The van der Waals surface area contributed by atoms with Crippen LogP contribution in [0.5, 0.6) is 11.6 Å². The van der Waals surface area contributed by atoms with Crippen LogP contribution in [-0.4, -0.2) is 21.8 Å². The number of hydrogen-bond donors (Lipinski definition) is 2. The number of H-pyrrole nitrogens is 1. The first-order valence-corrected chi connectivity index (χ1v) is 7.00. The lowest BCUT2D eigenvalue weighted by Gasteiger charge is -2.05. The maximum absolute atomic E-state index is 12.9. The Bertz CT molecular complexity index is 864. The first-order chi connectivity index (χ1) is 11.1. The van der Waals surface area contributed by atoms with Crippen molar-refractivity contribution in [3.05, 3.63) is 76.1 Å². The molecule has 118 valence electrons. The number of aromatic nitrogens is 2. The van der Waals surface area contributed by atoms with Gasteiger partial charge in [0.15, 0.2) is 0 Å². The van der Waals surface area contributed by atoms with Gasteiger partial charge >= 0.3 is 5.69 Å². The van der Waals surface area contributed by atoms with Crippen molar-refractivity contribution < 1.29 is 14.2 Å². The molecular formula is C17H15FN2O3. The predicted octanol–water partition coefficient (Wildman–Crippen LogP) is 2.61. The molecule has 2 aromatic carbocycles. The first kappa shape index (κ1) is 14.9. The van der Waals surface area contributed by atoms with E-state index in [0.29, 0.717) is 23.6 Å². The fraction of sp³-hybridized carbons (Fsp3) is 0.118. The molecule has 0 aliphatic heterocycles. The van der Waals surface area contributed by atoms with E-state index in [-0.39, 0.29) is 11.7 Å². The van der Waals surface area contributed by atoms with Gasteiger partial charge in [0.1, 0.15) is 11.6 Å². The second-order valence-corrected chi connectivity index (χ2v) is 5.07. The monoisotopic (exact) mass is 314 g/mol. The second-order valence-electron chi connectivity index (χ2n) is 5.07. The number of rotatable bonds is 4. The van der Waals surface area contributed by atoms with Crippen LogP contribution in [0.15, 0.2) is 53.3 Å². The molecule has 23 heavy (non-hydrogen) atoms. The third kappa shape index (κ3) is 2.96. The lowest BCUT2D eigenvalue weighted by molar-refractivity contribution is 0.414. The highest BCUT2D eigenvalue weighted by atomic mass is 19.1. The van der Waals surface area contributed by atoms with E-state index in [1.807, 2.05) is 0 Å². The Morgan fingerprint density at radius 3 is 2.39 bits per heavy atom. The van der Waals surface area contributed by atoms with Gasteiger partial charge in [0.25, 0.3) is 0 Å². The number of nitrogens with one attached hydrogen (secondary N) is 1. The van der Waals surface area contributed by atoms with Crippen LogP contribution in [0.2, 0.25) is 0 Å². The van der Waals surface area contributed by atoms with Crippen LogP contribution in [-0.2, 0) is 6.42 Å². The highest BCUT2D eigenvalue weighted by Gasteiger charge is 2.15. The summed E-state index contributed by atoms with van der Waals surface area (Å²) < 4.78 is 19.2. The fourth-order valence-corrected chi connectivity index (χ4v) is 2.37. The molecule has 6 heteroatoms. The number of aromatic amines is 1. The van der Waals surface area contributed by atoms with Gasteiger partial charge in [-0.25, -0.2) is 13.8 Å². The Labute approximate surface area is 131 Å². The van der Waals surface area contributed by atoms with Crippen LogP contribution in [0, 0.1) is 5.82 Å². The molecule has 0 saturated carbocycles. The molecule has 0 amide bonds. The van der Waals surface area contributed by atoms with Crippen LogP contribution in [0.3, 0.4) is 0 Å². The van der Waals surface area contributed by atoms with Crippen molar-refractivity contribution in [2.45, 2.75) is 6.42 Å². The average molecular weight is 314 g/mol. The van der Waals surface area contributed by atoms with Crippen LogP contribution >= 0.6 is 0 Å². The molecule has 0 saturated heterocycles. The van der Waals surface area contributed by atoms with Gasteiger partial charge in [0.2, 0.25) is 5.88 Å². The maximum Gasteiger partial charge on any atom is 0.333 e. The molecule has 0 atom stereocenters. The quantitative estimate of drug-likeness (QED) is 0.778. The SMILES string of the molecule is COc1ccc(-n2c(O)c(Cc3ccc(F)cc3)[nH]c2=O)cc1. The van der Waals surface area contributed by atoms with Crippen molar-refractivity contribution in [1.82, 2.24) is 9.55 Å². The van der Waals surface area contributed by atoms with Crippen molar-refractivity contribution in [3.8, 4) is 17.3 Å². The first-order valence-electron chi connectivity index (χ1n) is 7.00. The second kappa shape index (κ2) is 6.00. The largest absolute Gasteiger partial charge is 0.497 e. The molecule has 0 bridgehead atoms. The predicted molar refractivity (Wildman–Crippen MR) is 83.8 cm³/mol. The van der Waals surface area contributed by atoms with Gasteiger partial charge in [0, 0.05) is 6.42 Å². The molecule has 1 aromatic heterocycles. The Kier molecular flexibility index (Phi) is 3.89. The van der Waals surface area contributed by atoms with Gasteiger partial charge in [-0.2, -0.15) is 0 Å². The molecule has 2 N–H and O–H groups in total. The van der Waals surface area contributed by atoms with Gasteiger partial charge in [-0.3, -0.25) is 0 Å². The molecular weight excluding hydrogens is 299 g/mol. The summed E-state index contributed by atoms with van der Waals surface area (Å²) >= 11 is 0. The number of nitrogens with zero attached hydrogens (tertiary/aromatic N) is 1.